The fraction of sp³-hybridized carbons (Fsp3) is 0.412. The Kier molecular flexibility index (Phi) is 6.06. The number of Topliss-reactive ketones (excluding diaryl/α,β-unsaturated/α-hetero) is 2. The summed E-state index contributed by atoms with van der Waals surface area (Å²) in [6, 6.07) is 7.99. The Morgan fingerprint density at radius 3 is 2.42 bits per heavy atom. The Bertz CT molecular complexity index is 624. The number of nitrogens with one attached hydrogen (secondary N) is 2. The van der Waals surface area contributed by atoms with Crippen molar-refractivity contribution in [3.8, 4) is 0 Å². The summed E-state index contributed by atoms with van der Waals surface area (Å²) in [7, 11) is 0. The van der Waals surface area contributed by atoms with E-state index in [9.17, 15) is 14.4 Å². The van der Waals surface area contributed by atoms with E-state index in [1.807, 2.05) is 6.07 Å². The van der Waals surface area contributed by atoms with Crippen molar-refractivity contribution < 1.29 is 19.2 Å². The van der Waals surface area contributed by atoms with Crippen LogP contribution in [0.2, 0.25) is 0 Å². The molecule has 1 aliphatic carbocycles. The smallest absolute Gasteiger partial charge is 0.319 e. The molecule has 0 saturated heterocycles. The van der Waals surface area contributed by atoms with Crippen molar-refractivity contribution in [1.29, 1.82) is 0 Å². The van der Waals surface area contributed by atoms with Crippen LogP contribution >= 0.6 is 0 Å². The SMILES string of the molecule is CCO/N=C(/C)C1C(=O)CC(NC(=O)Nc2ccccc2)CC1=O. The Labute approximate surface area is 140 Å². The lowest BCUT2D eigenvalue weighted by atomic mass is 9.81. The van der Waals surface area contributed by atoms with Gasteiger partial charge in [0, 0.05) is 24.6 Å². The number of hydrogen-bond donors (Lipinski definition) is 2. The number of hydrogen-bond acceptors (Lipinski definition) is 5. The minimum atomic E-state index is -0.869. The molecule has 0 radical (unpaired) electrons. The van der Waals surface area contributed by atoms with Crippen LogP contribution in [-0.4, -0.2) is 36.0 Å². The van der Waals surface area contributed by atoms with E-state index in [2.05, 4.69) is 15.8 Å². The molecule has 7 heteroatoms. The zero-order valence-electron chi connectivity index (χ0n) is 13.7. The van der Waals surface area contributed by atoms with Crippen molar-refractivity contribution in [3.63, 3.8) is 0 Å². The van der Waals surface area contributed by atoms with Gasteiger partial charge in [-0.3, -0.25) is 9.59 Å². The lowest BCUT2D eigenvalue weighted by Gasteiger charge is -2.26. The third-order valence-electron chi connectivity index (χ3n) is 3.66. The van der Waals surface area contributed by atoms with E-state index in [0.717, 1.165) is 0 Å². The molecule has 0 bridgehead atoms. The summed E-state index contributed by atoms with van der Waals surface area (Å²) in [6.07, 6.45) is 0.190. The highest BCUT2D eigenvalue weighted by molar-refractivity contribution is 6.21. The van der Waals surface area contributed by atoms with Crippen LogP contribution in [0.3, 0.4) is 0 Å². The number of nitrogens with zero attached hydrogens (tertiary/aromatic N) is 1. The predicted molar refractivity (Wildman–Crippen MR) is 89.9 cm³/mol. The van der Waals surface area contributed by atoms with Gasteiger partial charge in [-0.05, 0) is 26.0 Å². The summed E-state index contributed by atoms with van der Waals surface area (Å²) >= 11 is 0. The number of carbonyl (C=O) groups is 3. The molecule has 1 aliphatic rings. The summed E-state index contributed by atoms with van der Waals surface area (Å²) < 4.78 is 0. The van der Waals surface area contributed by atoms with Crippen LogP contribution in [0.15, 0.2) is 35.5 Å². The molecule has 2 amide bonds. The molecular formula is C17H21N3O4. The van der Waals surface area contributed by atoms with E-state index in [4.69, 9.17) is 4.84 Å². The maximum Gasteiger partial charge on any atom is 0.319 e. The molecule has 0 aliphatic heterocycles. The Hall–Kier alpha value is -2.70. The molecule has 24 heavy (non-hydrogen) atoms. The van der Waals surface area contributed by atoms with Crippen LogP contribution in [0.1, 0.15) is 26.7 Å². The Morgan fingerprint density at radius 2 is 1.83 bits per heavy atom. The predicted octanol–water partition coefficient (Wildman–Crippen LogP) is 2.14. The Morgan fingerprint density at radius 1 is 1.21 bits per heavy atom. The van der Waals surface area contributed by atoms with Crippen molar-refractivity contribution in [2.75, 3.05) is 11.9 Å². The third kappa shape index (κ3) is 4.65. The second-order valence-corrected chi connectivity index (χ2v) is 5.59. The second kappa shape index (κ2) is 8.24. The van der Waals surface area contributed by atoms with Gasteiger partial charge >= 0.3 is 6.03 Å². The molecule has 2 rings (SSSR count). The Balaban J connectivity index is 1.93. The molecule has 1 aromatic carbocycles. The molecule has 7 nitrogen and oxygen atoms in total. The fourth-order valence-electron chi connectivity index (χ4n) is 2.63. The van der Waals surface area contributed by atoms with Gasteiger partial charge in [0.25, 0.3) is 0 Å². The first-order valence-corrected chi connectivity index (χ1v) is 7.85. The van der Waals surface area contributed by atoms with Gasteiger partial charge in [-0.15, -0.1) is 0 Å². The molecule has 128 valence electrons. The zero-order valence-corrected chi connectivity index (χ0v) is 13.7. The zero-order chi connectivity index (χ0) is 17.5. The molecule has 1 aromatic rings. The van der Waals surface area contributed by atoms with Crippen LogP contribution in [-0.2, 0) is 14.4 Å². The summed E-state index contributed by atoms with van der Waals surface area (Å²) in [5, 5.41) is 9.12. The second-order valence-electron chi connectivity index (χ2n) is 5.59. The summed E-state index contributed by atoms with van der Waals surface area (Å²) in [5.41, 5.74) is 1.00. The standard InChI is InChI=1S/C17H21N3O4/c1-3-24-20-11(2)16-14(21)9-13(10-15(16)22)19-17(23)18-12-7-5-4-6-8-12/h4-8,13,16H,3,9-10H2,1-2H3,(H2,18,19,23)/b20-11-. The number of ketones is 2. The fourth-order valence-corrected chi connectivity index (χ4v) is 2.63. The average molecular weight is 331 g/mol. The van der Waals surface area contributed by atoms with Crippen LogP contribution in [0, 0.1) is 5.92 Å². The van der Waals surface area contributed by atoms with Gasteiger partial charge in [0.1, 0.15) is 12.5 Å². The van der Waals surface area contributed by atoms with Crippen LogP contribution in [0.5, 0.6) is 0 Å². The minimum absolute atomic E-state index is 0.0948. The third-order valence-corrected chi connectivity index (χ3v) is 3.66. The van der Waals surface area contributed by atoms with Gasteiger partial charge in [0.2, 0.25) is 0 Å². The molecule has 1 saturated carbocycles. The van der Waals surface area contributed by atoms with Gasteiger partial charge in [-0.2, -0.15) is 0 Å². The summed E-state index contributed by atoms with van der Waals surface area (Å²) in [6.45, 7) is 3.74. The van der Waals surface area contributed by atoms with E-state index >= 15 is 0 Å². The summed E-state index contributed by atoms with van der Waals surface area (Å²) in [4.78, 5) is 41.3. The molecule has 1 fully saturated rings. The van der Waals surface area contributed by atoms with E-state index in [1.165, 1.54) is 0 Å². The number of rotatable bonds is 5. The van der Waals surface area contributed by atoms with Gasteiger partial charge in [0.05, 0.1) is 5.71 Å². The molecule has 0 atom stereocenters. The van der Waals surface area contributed by atoms with Gasteiger partial charge in [0.15, 0.2) is 11.6 Å². The van der Waals surface area contributed by atoms with E-state index in [0.29, 0.717) is 18.0 Å². The normalized spacial score (nSPS) is 21.3. The van der Waals surface area contributed by atoms with Crippen molar-refractivity contribution in [1.82, 2.24) is 5.32 Å². The number of anilines is 1. The van der Waals surface area contributed by atoms with E-state index in [1.54, 1.807) is 38.1 Å². The lowest BCUT2D eigenvalue weighted by Crippen LogP contribution is -2.48. The summed E-state index contributed by atoms with van der Waals surface area (Å²) in [5.74, 6) is -1.37. The monoisotopic (exact) mass is 331 g/mol. The first-order chi connectivity index (χ1) is 11.5. The van der Waals surface area contributed by atoms with E-state index < -0.39 is 18.0 Å². The largest absolute Gasteiger partial charge is 0.396 e. The molecule has 0 heterocycles. The van der Waals surface area contributed by atoms with Gasteiger partial charge in [-0.25, -0.2) is 4.79 Å². The maximum absolute atomic E-state index is 12.2. The number of para-hydroxylation sites is 1. The topological polar surface area (TPSA) is 96.9 Å². The number of carbonyl (C=O) groups excluding carboxylic acids is 3. The lowest BCUT2D eigenvalue weighted by molar-refractivity contribution is -0.133. The quantitative estimate of drug-likeness (QED) is 0.491. The molecule has 2 N–H and O–H groups in total. The van der Waals surface area contributed by atoms with Crippen LogP contribution < -0.4 is 10.6 Å². The number of amides is 2. The van der Waals surface area contributed by atoms with E-state index in [-0.39, 0.29) is 24.4 Å². The number of oxime groups is 1. The highest BCUT2D eigenvalue weighted by atomic mass is 16.6. The van der Waals surface area contributed by atoms with Crippen molar-refractivity contribution in [2.24, 2.45) is 11.1 Å². The number of urea groups is 1. The molecule has 0 unspecified atom stereocenters. The van der Waals surface area contributed by atoms with Crippen molar-refractivity contribution >= 4 is 29.0 Å². The average Bonchev–Trinajstić information content (AvgIpc) is 2.53. The minimum Gasteiger partial charge on any atom is -0.396 e. The first-order valence-electron chi connectivity index (χ1n) is 7.85. The van der Waals surface area contributed by atoms with Crippen LogP contribution in [0.4, 0.5) is 10.5 Å². The maximum atomic E-state index is 12.2. The highest BCUT2D eigenvalue weighted by Gasteiger charge is 2.38. The van der Waals surface area contributed by atoms with Gasteiger partial charge < -0.3 is 15.5 Å². The molecular weight excluding hydrogens is 310 g/mol. The molecule has 0 aromatic heterocycles. The molecule has 0 spiro atoms. The first kappa shape index (κ1) is 17.7. The van der Waals surface area contributed by atoms with Crippen LogP contribution in [0.25, 0.3) is 0 Å². The van der Waals surface area contributed by atoms with Crippen molar-refractivity contribution in [2.45, 2.75) is 32.7 Å². The van der Waals surface area contributed by atoms with Gasteiger partial charge in [-0.1, -0.05) is 23.4 Å². The highest BCUT2D eigenvalue weighted by Crippen LogP contribution is 2.20. The number of benzene rings is 1. The van der Waals surface area contributed by atoms with Crippen molar-refractivity contribution in [3.05, 3.63) is 30.3 Å².